The minimum Gasteiger partial charge on any atom is -0.467 e. The average molecular weight is 429 g/mol. The van der Waals surface area contributed by atoms with E-state index < -0.39 is 0 Å². The molecule has 0 amide bonds. The van der Waals surface area contributed by atoms with Crippen LogP contribution in [-0.4, -0.2) is 32.8 Å². The molecule has 1 aliphatic heterocycles. The molecule has 3 rings (SSSR count). The molecule has 1 unspecified atom stereocenters. The Morgan fingerprint density at radius 3 is 2.95 bits per heavy atom. The predicted molar refractivity (Wildman–Crippen MR) is 95.5 cm³/mol. The van der Waals surface area contributed by atoms with Crippen molar-refractivity contribution >= 4 is 40.3 Å². The van der Waals surface area contributed by atoms with E-state index in [1.165, 1.54) is 5.56 Å². The molecular formula is C15H16IN3O2S. The largest absolute Gasteiger partial charge is 0.467 e. The number of hydrogen-bond donors (Lipinski definition) is 0. The van der Waals surface area contributed by atoms with Crippen molar-refractivity contribution in [3.8, 4) is 0 Å². The van der Waals surface area contributed by atoms with Gasteiger partial charge in [0, 0.05) is 17.2 Å². The van der Waals surface area contributed by atoms with Gasteiger partial charge in [-0.05, 0) is 10.7 Å². The molecule has 1 aromatic carbocycles. The summed E-state index contributed by atoms with van der Waals surface area (Å²) in [6.07, 6.45) is 1.82. The monoisotopic (exact) mass is 429 g/mol. The van der Waals surface area contributed by atoms with Crippen molar-refractivity contribution in [2.45, 2.75) is 16.9 Å². The summed E-state index contributed by atoms with van der Waals surface area (Å²) in [4.78, 5) is 5.28. The molecule has 1 aromatic heterocycles. The van der Waals surface area contributed by atoms with Crippen LogP contribution in [0, 0.1) is 0 Å². The molecule has 5 nitrogen and oxygen atoms in total. The minimum atomic E-state index is 0.0419. The number of aryl methyl sites for hydroxylation is 1. The highest BCUT2D eigenvalue weighted by Gasteiger charge is 2.24. The summed E-state index contributed by atoms with van der Waals surface area (Å²) in [7, 11) is 1.93. The fourth-order valence-corrected chi connectivity index (χ4v) is 3.51. The second-order valence-electron chi connectivity index (χ2n) is 4.85. The number of rotatable bonds is 5. The van der Waals surface area contributed by atoms with Crippen LogP contribution in [0.2, 0.25) is 0 Å². The van der Waals surface area contributed by atoms with Gasteiger partial charge in [-0.2, -0.15) is 5.10 Å². The quantitative estimate of drug-likeness (QED) is 0.416. The number of aromatic nitrogens is 2. The van der Waals surface area contributed by atoms with Crippen molar-refractivity contribution < 1.29 is 9.57 Å². The average Bonchev–Trinajstić information content (AvgIpc) is 2.95. The number of halogens is 1. The Balaban J connectivity index is 1.77. The highest BCUT2D eigenvalue weighted by molar-refractivity contribution is 14.1. The van der Waals surface area contributed by atoms with E-state index in [4.69, 9.17) is 9.57 Å². The van der Waals surface area contributed by atoms with Crippen molar-refractivity contribution in [1.29, 1.82) is 0 Å². The van der Waals surface area contributed by atoms with Gasteiger partial charge in [-0.25, -0.2) is 0 Å². The molecule has 2 aromatic rings. The maximum atomic E-state index is 5.88. The Bertz CT molecular complexity index is 660. The van der Waals surface area contributed by atoms with Crippen LogP contribution in [0.5, 0.6) is 0 Å². The van der Waals surface area contributed by atoms with Crippen LogP contribution in [0.4, 0.5) is 0 Å². The molecule has 0 N–H and O–H groups in total. The highest BCUT2D eigenvalue weighted by Crippen LogP contribution is 2.27. The van der Waals surface area contributed by atoms with Crippen LogP contribution in [0.25, 0.3) is 0 Å². The molecule has 0 spiro atoms. The third-order valence-corrected chi connectivity index (χ3v) is 5.41. The molecule has 0 radical (unpaired) electrons. The van der Waals surface area contributed by atoms with E-state index in [-0.39, 0.29) is 6.10 Å². The first-order chi connectivity index (χ1) is 10.8. The number of hydrogen-bond acceptors (Lipinski definition) is 5. The smallest absolute Gasteiger partial charge is 0.262 e. The van der Waals surface area contributed by atoms with Gasteiger partial charge in [0.15, 0.2) is 6.61 Å². The molecule has 0 bridgehead atoms. The minimum absolute atomic E-state index is 0.0419. The Morgan fingerprint density at radius 1 is 1.36 bits per heavy atom. The van der Waals surface area contributed by atoms with Gasteiger partial charge >= 0.3 is 0 Å². The number of oxime groups is 1. The maximum absolute atomic E-state index is 5.88. The molecule has 1 atom stereocenters. The van der Waals surface area contributed by atoms with Gasteiger partial charge in [0.1, 0.15) is 11.1 Å². The molecule has 116 valence electrons. The lowest BCUT2D eigenvalue weighted by Gasteiger charge is -2.21. The van der Waals surface area contributed by atoms with E-state index in [1.54, 1.807) is 18.0 Å². The van der Waals surface area contributed by atoms with Crippen molar-refractivity contribution in [2.24, 2.45) is 12.2 Å². The predicted octanol–water partition coefficient (Wildman–Crippen LogP) is 3.22. The van der Waals surface area contributed by atoms with E-state index in [2.05, 4.69) is 45.0 Å². The van der Waals surface area contributed by atoms with Crippen molar-refractivity contribution in [1.82, 2.24) is 9.78 Å². The fourth-order valence-electron chi connectivity index (χ4n) is 2.05. The van der Waals surface area contributed by atoms with Crippen LogP contribution in [0.1, 0.15) is 11.1 Å². The number of thioether (sulfide) groups is 1. The molecule has 0 aliphatic carbocycles. The normalized spacial score (nSPS) is 17.5. The second-order valence-corrected chi connectivity index (χ2v) is 6.69. The summed E-state index contributed by atoms with van der Waals surface area (Å²) in [6, 6.07) is 10.4. The third-order valence-electron chi connectivity index (χ3n) is 3.19. The molecule has 2 heterocycles. The van der Waals surface area contributed by atoms with Crippen molar-refractivity contribution in [3.05, 3.63) is 47.7 Å². The summed E-state index contributed by atoms with van der Waals surface area (Å²) in [6.45, 7) is 0.499. The lowest BCUT2D eigenvalue weighted by molar-refractivity contribution is 0.0229. The molecule has 0 saturated heterocycles. The summed E-state index contributed by atoms with van der Waals surface area (Å²) in [5.74, 6) is 1.40. The van der Waals surface area contributed by atoms with Gasteiger partial charge in [0.05, 0.1) is 11.8 Å². The molecule has 1 aliphatic rings. The number of benzene rings is 1. The summed E-state index contributed by atoms with van der Waals surface area (Å²) in [5, 5.41) is 9.41. The van der Waals surface area contributed by atoms with Gasteiger partial charge < -0.3 is 9.57 Å². The lowest BCUT2D eigenvalue weighted by atomic mass is 10.2. The molecule has 7 heteroatoms. The standard InChI is InChI=1S/C15H16IN3O2S/c1-19-15(22-10-11-5-3-2-4-6-11)13(8-17-19)14-18-20-9-12(7-16)21-14/h2-6,8,12H,7,9-10H2,1H3. The molecular weight excluding hydrogens is 413 g/mol. The first kappa shape index (κ1) is 15.7. The van der Waals surface area contributed by atoms with E-state index in [9.17, 15) is 0 Å². The number of nitrogens with zero attached hydrogens (tertiary/aromatic N) is 3. The maximum Gasteiger partial charge on any atom is 0.262 e. The van der Waals surface area contributed by atoms with E-state index in [0.717, 1.165) is 20.8 Å². The summed E-state index contributed by atoms with van der Waals surface area (Å²) < 4.78 is 8.59. The topological polar surface area (TPSA) is 48.6 Å². The number of alkyl halides is 1. The van der Waals surface area contributed by atoms with Gasteiger partial charge in [0.25, 0.3) is 5.90 Å². The van der Waals surface area contributed by atoms with Crippen molar-refractivity contribution in [2.75, 3.05) is 11.0 Å². The first-order valence-electron chi connectivity index (χ1n) is 6.89. The van der Waals surface area contributed by atoms with Gasteiger partial charge in [-0.1, -0.05) is 52.9 Å². The lowest BCUT2D eigenvalue weighted by Crippen LogP contribution is -2.29. The Morgan fingerprint density at radius 2 is 2.18 bits per heavy atom. The van der Waals surface area contributed by atoms with Crippen LogP contribution in [-0.2, 0) is 22.4 Å². The van der Waals surface area contributed by atoms with Crippen LogP contribution >= 0.6 is 34.4 Å². The summed E-state index contributed by atoms with van der Waals surface area (Å²) >= 11 is 4.01. The highest BCUT2D eigenvalue weighted by atomic mass is 127. The van der Waals surface area contributed by atoms with E-state index in [1.807, 2.05) is 29.9 Å². The Labute approximate surface area is 147 Å². The third kappa shape index (κ3) is 3.57. The molecule has 0 saturated carbocycles. The van der Waals surface area contributed by atoms with Crippen LogP contribution < -0.4 is 0 Å². The van der Waals surface area contributed by atoms with Gasteiger partial charge in [-0.3, -0.25) is 4.68 Å². The molecule has 0 fully saturated rings. The van der Waals surface area contributed by atoms with E-state index >= 15 is 0 Å². The van der Waals surface area contributed by atoms with E-state index in [0.29, 0.717) is 12.5 Å². The summed E-state index contributed by atoms with van der Waals surface area (Å²) in [5.41, 5.74) is 2.16. The van der Waals surface area contributed by atoms with Crippen molar-refractivity contribution in [3.63, 3.8) is 0 Å². The van der Waals surface area contributed by atoms with Crippen LogP contribution in [0.3, 0.4) is 0 Å². The first-order valence-corrected chi connectivity index (χ1v) is 9.40. The van der Waals surface area contributed by atoms with Gasteiger partial charge in [0.2, 0.25) is 0 Å². The SMILES string of the molecule is Cn1ncc(C2=NOCC(CI)O2)c1SCc1ccccc1. The zero-order valence-corrected chi connectivity index (χ0v) is 15.1. The Kier molecular flexibility index (Phi) is 5.24. The zero-order valence-electron chi connectivity index (χ0n) is 12.1. The fraction of sp³-hybridized carbons (Fsp3) is 0.333. The molecule has 22 heavy (non-hydrogen) atoms. The Hall–Kier alpha value is -1.22. The second kappa shape index (κ2) is 7.36. The zero-order chi connectivity index (χ0) is 15.4. The van der Waals surface area contributed by atoms with Gasteiger partial charge in [-0.15, -0.1) is 11.8 Å². The number of ether oxygens (including phenoxy) is 1. The van der Waals surface area contributed by atoms with Crippen LogP contribution in [0.15, 0.2) is 46.7 Å².